The molecule has 3 nitrogen and oxygen atoms in total. The lowest BCUT2D eigenvalue weighted by atomic mass is 10.1. The summed E-state index contributed by atoms with van der Waals surface area (Å²) in [6, 6.07) is 3.51. The van der Waals surface area contributed by atoms with E-state index >= 15 is 0 Å². The van der Waals surface area contributed by atoms with E-state index in [1.807, 2.05) is 0 Å². The molecule has 0 fully saturated rings. The van der Waals surface area contributed by atoms with Crippen LogP contribution < -0.4 is 5.73 Å². The molecule has 0 amide bonds. The molecule has 0 saturated heterocycles. The zero-order chi connectivity index (χ0) is 11.1. The highest BCUT2D eigenvalue weighted by molar-refractivity contribution is 5.80. The molecule has 0 aromatic carbocycles. The summed E-state index contributed by atoms with van der Waals surface area (Å²) in [5.74, 6) is 0.148. The maximum Gasteiger partial charge on any atom is 0.417 e. The van der Waals surface area contributed by atoms with Crippen LogP contribution in [0.25, 0.3) is 11.0 Å². The van der Waals surface area contributed by atoms with Crippen molar-refractivity contribution in [2.75, 3.05) is 5.73 Å². The highest BCUT2D eigenvalue weighted by atomic mass is 19.4. The molecule has 15 heavy (non-hydrogen) atoms. The maximum atomic E-state index is 12.5. The molecule has 78 valence electrons. The van der Waals surface area contributed by atoms with Crippen LogP contribution in [-0.2, 0) is 6.18 Å². The third-order valence-electron chi connectivity index (χ3n) is 1.93. The minimum atomic E-state index is -4.40. The van der Waals surface area contributed by atoms with E-state index in [1.165, 1.54) is 12.1 Å². The van der Waals surface area contributed by atoms with Gasteiger partial charge in [-0.1, -0.05) is 0 Å². The maximum absolute atomic E-state index is 12.5. The molecule has 2 aromatic heterocycles. The lowest BCUT2D eigenvalue weighted by Crippen LogP contribution is -2.06. The van der Waals surface area contributed by atoms with Crippen LogP contribution in [0.15, 0.2) is 24.4 Å². The first-order valence-corrected chi connectivity index (χ1v) is 4.07. The van der Waals surface area contributed by atoms with Gasteiger partial charge in [0, 0.05) is 11.6 Å². The smallest absolute Gasteiger partial charge is 0.384 e. The molecule has 0 saturated carbocycles. The second-order valence-corrected chi connectivity index (χ2v) is 2.96. The minimum Gasteiger partial charge on any atom is -0.384 e. The van der Waals surface area contributed by atoms with Gasteiger partial charge in [-0.25, -0.2) is 9.97 Å². The summed E-state index contributed by atoms with van der Waals surface area (Å²) in [4.78, 5) is 7.44. The molecule has 2 aromatic rings. The summed E-state index contributed by atoms with van der Waals surface area (Å²) >= 11 is 0. The number of rotatable bonds is 0. The van der Waals surface area contributed by atoms with E-state index < -0.39 is 11.7 Å². The Kier molecular flexibility index (Phi) is 1.99. The highest BCUT2D eigenvalue weighted by Gasteiger charge is 2.32. The van der Waals surface area contributed by atoms with E-state index in [2.05, 4.69) is 9.97 Å². The normalized spacial score (nSPS) is 11.9. The summed E-state index contributed by atoms with van der Waals surface area (Å²) < 4.78 is 37.6. The Balaban J connectivity index is 2.77. The fourth-order valence-corrected chi connectivity index (χ4v) is 1.29. The first-order valence-electron chi connectivity index (χ1n) is 4.07. The number of aromatic nitrogens is 2. The van der Waals surface area contributed by atoms with E-state index in [0.29, 0.717) is 0 Å². The van der Waals surface area contributed by atoms with Crippen molar-refractivity contribution < 1.29 is 13.2 Å². The van der Waals surface area contributed by atoms with Crippen molar-refractivity contribution in [2.24, 2.45) is 0 Å². The van der Waals surface area contributed by atoms with Crippen molar-refractivity contribution in [1.29, 1.82) is 0 Å². The fourth-order valence-electron chi connectivity index (χ4n) is 1.29. The zero-order valence-electron chi connectivity index (χ0n) is 7.42. The monoisotopic (exact) mass is 213 g/mol. The third kappa shape index (κ3) is 1.70. The Hall–Kier alpha value is -1.85. The Bertz CT molecular complexity index is 507. The molecule has 0 bridgehead atoms. The lowest BCUT2D eigenvalue weighted by Gasteiger charge is -2.08. The topological polar surface area (TPSA) is 51.8 Å². The number of nitrogens with zero attached hydrogens (tertiary/aromatic N) is 2. The number of alkyl halides is 3. The summed E-state index contributed by atoms with van der Waals surface area (Å²) in [5, 5.41) is -0.0424. The minimum absolute atomic E-state index is 0.00447. The second-order valence-electron chi connectivity index (χ2n) is 2.96. The first-order chi connectivity index (χ1) is 6.98. The van der Waals surface area contributed by atoms with Gasteiger partial charge in [-0.3, -0.25) is 0 Å². The number of nitrogen functional groups attached to an aromatic ring is 1. The molecule has 0 unspecified atom stereocenters. The molecule has 6 heteroatoms. The molecule has 0 aliphatic rings. The van der Waals surface area contributed by atoms with Crippen LogP contribution >= 0.6 is 0 Å². The van der Waals surface area contributed by atoms with E-state index in [-0.39, 0.29) is 16.9 Å². The molecule has 0 atom stereocenters. The predicted molar refractivity (Wildman–Crippen MR) is 49.0 cm³/mol. The molecule has 0 aliphatic heterocycles. The van der Waals surface area contributed by atoms with Gasteiger partial charge in [-0.2, -0.15) is 13.2 Å². The van der Waals surface area contributed by atoms with E-state index in [9.17, 15) is 13.2 Å². The Morgan fingerprint density at radius 3 is 2.53 bits per heavy atom. The van der Waals surface area contributed by atoms with Gasteiger partial charge in [-0.05, 0) is 18.2 Å². The van der Waals surface area contributed by atoms with Crippen molar-refractivity contribution in [1.82, 2.24) is 9.97 Å². The van der Waals surface area contributed by atoms with Crippen LogP contribution in [0.3, 0.4) is 0 Å². The van der Waals surface area contributed by atoms with Crippen LogP contribution in [0.2, 0.25) is 0 Å². The highest BCUT2D eigenvalue weighted by Crippen LogP contribution is 2.33. The molecule has 0 spiro atoms. The second kappa shape index (κ2) is 3.08. The van der Waals surface area contributed by atoms with Crippen LogP contribution in [-0.4, -0.2) is 9.97 Å². The zero-order valence-corrected chi connectivity index (χ0v) is 7.42. The third-order valence-corrected chi connectivity index (χ3v) is 1.93. The number of anilines is 1. The van der Waals surface area contributed by atoms with E-state index in [1.54, 1.807) is 0 Å². The molecule has 0 aliphatic carbocycles. The molecular weight excluding hydrogens is 207 g/mol. The van der Waals surface area contributed by atoms with Gasteiger partial charge in [0.15, 0.2) is 5.65 Å². The summed E-state index contributed by atoms with van der Waals surface area (Å²) in [7, 11) is 0. The van der Waals surface area contributed by atoms with Crippen LogP contribution in [0.5, 0.6) is 0 Å². The number of nitrogens with two attached hydrogens (primary N) is 1. The quantitative estimate of drug-likeness (QED) is 0.730. The predicted octanol–water partition coefficient (Wildman–Crippen LogP) is 2.23. The van der Waals surface area contributed by atoms with Crippen LogP contribution in [0.1, 0.15) is 5.56 Å². The average Bonchev–Trinajstić information content (AvgIpc) is 2.15. The van der Waals surface area contributed by atoms with Gasteiger partial charge >= 0.3 is 6.18 Å². The van der Waals surface area contributed by atoms with E-state index in [4.69, 9.17) is 5.73 Å². The molecular formula is C9H6F3N3. The van der Waals surface area contributed by atoms with E-state index in [0.717, 1.165) is 12.3 Å². The van der Waals surface area contributed by atoms with Gasteiger partial charge in [-0.15, -0.1) is 0 Å². The Morgan fingerprint density at radius 1 is 1.13 bits per heavy atom. The number of pyridine rings is 2. The van der Waals surface area contributed by atoms with Gasteiger partial charge in [0.05, 0.1) is 5.56 Å². The van der Waals surface area contributed by atoms with Crippen LogP contribution in [0, 0.1) is 0 Å². The van der Waals surface area contributed by atoms with Gasteiger partial charge in [0.2, 0.25) is 0 Å². The summed E-state index contributed by atoms with van der Waals surface area (Å²) in [6.07, 6.45) is -3.34. The average molecular weight is 213 g/mol. The van der Waals surface area contributed by atoms with Gasteiger partial charge in [0.1, 0.15) is 5.82 Å². The largest absolute Gasteiger partial charge is 0.417 e. The number of halogens is 3. The lowest BCUT2D eigenvalue weighted by molar-refractivity contribution is -0.136. The number of fused-ring (bicyclic) bond motifs is 1. The molecule has 2 rings (SSSR count). The Morgan fingerprint density at radius 2 is 1.87 bits per heavy atom. The standard InChI is InChI=1S/C9H6F3N3/c10-9(11,12)6-3-4-14-8-5(6)1-2-7(13)15-8/h1-4H,(H2,13,14,15). The van der Waals surface area contributed by atoms with Crippen molar-refractivity contribution >= 4 is 16.9 Å². The van der Waals surface area contributed by atoms with Crippen molar-refractivity contribution in [2.45, 2.75) is 6.18 Å². The SMILES string of the molecule is Nc1ccc2c(C(F)(F)F)ccnc2n1. The fraction of sp³-hybridized carbons (Fsp3) is 0.111. The van der Waals surface area contributed by atoms with Crippen molar-refractivity contribution in [3.63, 3.8) is 0 Å². The molecule has 2 heterocycles. The van der Waals surface area contributed by atoms with Crippen LogP contribution in [0.4, 0.5) is 19.0 Å². The number of hydrogen-bond donors (Lipinski definition) is 1. The van der Waals surface area contributed by atoms with Gasteiger partial charge in [0.25, 0.3) is 0 Å². The molecule has 0 radical (unpaired) electrons. The van der Waals surface area contributed by atoms with Gasteiger partial charge < -0.3 is 5.73 Å². The first kappa shape index (κ1) is 9.70. The summed E-state index contributed by atoms with van der Waals surface area (Å²) in [5.41, 5.74) is 4.61. The summed E-state index contributed by atoms with van der Waals surface area (Å²) in [6.45, 7) is 0. The van der Waals surface area contributed by atoms with Crippen molar-refractivity contribution in [3.05, 3.63) is 30.0 Å². The van der Waals surface area contributed by atoms with Crippen molar-refractivity contribution in [3.8, 4) is 0 Å². The number of hydrogen-bond acceptors (Lipinski definition) is 3. The Labute approximate surface area is 82.8 Å². The molecule has 2 N–H and O–H groups in total.